The Bertz CT molecular complexity index is 364. The van der Waals surface area contributed by atoms with Crippen molar-refractivity contribution in [2.45, 2.75) is 51.6 Å². The quantitative estimate of drug-likeness (QED) is 0.862. The van der Waals surface area contributed by atoms with Gasteiger partial charge in [0, 0.05) is 21.2 Å². The van der Waals surface area contributed by atoms with Crippen molar-refractivity contribution in [2.24, 2.45) is 11.8 Å². The molecule has 0 bridgehead atoms. The molecule has 0 saturated heterocycles. The van der Waals surface area contributed by atoms with Gasteiger partial charge in [0.2, 0.25) is 0 Å². The van der Waals surface area contributed by atoms with E-state index in [1.165, 1.54) is 17.7 Å². The minimum Gasteiger partial charge on any atom is -0.390 e. The van der Waals surface area contributed by atoms with E-state index in [1.807, 2.05) is 0 Å². The van der Waals surface area contributed by atoms with Crippen LogP contribution in [0.1, 0.15) is 44.4 Å². The molecule has 0 aliphatic heterocycles. The van der Waals surface area contributed by atoms with Gasteiger partial charge in [0.1, 0.15) is 0 Å². The van der Waals surface area contributed by atoms with Crippen molar-refractivity contribution in [1.82, 2.24) is 0 Å². The smallest absolute Gasteiger partial charge is 0.0696 e. The summed E-state index contributed by atoms with van der Waals surface area (Å²) in [5, 5.41) is 12.7. The zero-order valence-electron chi connectivity index (χ0n) is 10.6. The first-order valence-corrected chi connectivity index (χ1v) is 8.11. The monoisotopic (exact) mass is 316 g/mol. The van der Waals surface area contributed by atoms with Crippen LogP contribution in [0.25, 0.3) is 0 Å². The molecule has 1 heterocycles. The highest BCUT2D eigenvalue weighted by molar-refractivity contribution is 9.10. The average molecular weight is 317 g/mol. The lowest BCUT2D eigenvalue weighted by Crippen LogP contribution is -2.37. The fourth-order valence-corrected chi connectivity index (χ4v) is 4.38. The van der Waals surface area contributed by atoms with Crippen LogP contribution in [0.5, 0.6) is 0 Å². The van der Waals surface area contributed by atoms with E-state index in [0.29, 0.717) is 0 Å². The summed E-state index contributed by atoms with van der Waals surface area (Å²) in [5.74, 6) is 1.57. The maximum atomic E-state index is 10.6. The number of thiophene rings is 1. The Morgan fingerprint density at radius 3 is 2.59 bits per heavy atom. The first kappa shape index (κ1) is 13.6. The maximum absolute atomic E-state index is 10.6. The molecule has 1 nitrogen and oxygen atoms in total. The number of rotatable bonds is 3. The minimum atomic E-state index is -0.449. The Balaban J connectivity index is 1.93. The molecule has 0 atom stereocenters. The first-order chi connectivity index (χ1) is 7.98. The molecule has 0 radical (unpaired) electrons. The van der Waals surface area contributed by atoms with Crippen LogP contribution in [0.15, 0.2) is 15.9 Å². The molecule has 1 saturated carbocycles. The van der Waals surface area contributed by atoms with Gasteiger partial charge in [-0.2, -0.15) is 0 Å². The fraction of sp³-hybridized carbons (Fsp3) is 0.714. The van der Waals surface area contributed by atoms with Crippen molar-refractivity contribution in [3.05, 3.63) is 20.8 Å². The SMILES string of the molecule is CC(C)C1CCC(O)(Cc2cc(Br)cs2)CC1. The number of halogens is 1. The van der Waals surface area contributed by atoms with Crippen LogP contribution in [0.2, 0.25) is 0 Å². The summed E-state index contributed by atoms with van der Waals surface area (Å²) in [7, 11) is 0. The zero-order valence-corrected chi connectivity index (χ0v) is 13.0. The van der Waals surface area contributed by atoms with Gasteiger partial charge in [-0.3, -0.25) is 0 Å². The molecule has 17 heavy (non-hydrogen) atoms. The van der Waals surface area contributed by atoms with Crippen LogP contribution >= 0.6 is 27.3 Å². The van der Waals surface area contributed by atoms with Gasteiger partial charge >= 0.3 is 0 Å². The van der Waals surface area contributed by atoms with Crippen molar-refractivity contribution < 1.29 is 5.11 Å². The largest absolute Gasteiger partial charge is 0.390 e. The molecular formula is C14H21BrOS. The molecule has 1 aromatic heterocycles. The average Bonchev–Trinajstić information content (AvgIpc) is 2.63. The van der Waals surface area contributed by atoms with E-state index in [-0.39, 0.29) is 0 Å². The normalized spacial score (nSPS) is 29.8. The number of hydrogen-bond donors (Lipinski definition) is 1. The summed E-state index contributed by atoms with van der Waals surface area (Å²) < 4.78 is 1.14. The molecule has 2 rings (SSSR count). The second-order valence-electron chi connectivity index (χ2n) is 5.71. The third-order valence-electron chi connectivity index (χ3n) is 4.03. The van der Waals surface area contributed by atoms with Gasteiger partial charge in [-0.05, 0) is 59.5 Å². The Kier molecular flexibility index (Phi) is 4.32. The molecule has 0 unspecified atom stereocenters. The Hall–Kier alpha value is 0.140. The Labute approximate surface area is 116 Å². The zero-order chi connectivity index (χ0) is 12.5. The van der Waals surface area contributed by atoms with Gasteiger partial charge < -0.3 is 5.11 Å². The van der Waals surface area contributed by atoms with Gasteiger partial charge in [-0.15, -0.1) is 11.3 Å². The third kappa shape index (κ3) is 3.55. The lowest BCUT2D eigenvalue weighted by atomic mass is 9.73. The van der Waals surface area contributed by atoms with E-state index in [1.54, 1.807) is 11.3 Å². The van der Waals surface area contributed by atoms with Gasteiger partial charge in [-0.25, -0.2) is 0 Å². The predicted octanol–water partition coefficient (Wildman–Crippen LogP) is 4.63. The maximum Gasteiger partial charge on any atom is 0.0696 e. The van der Waals surface area contributed by atoms with E-state index in [9.17, 15) is 5.11 Å². The van der Waals surface area contributed by atoms with Gasteiger partial charge in [0.25, 0.3) is 0 Å². The van der Waals surface area contributed by atoms with Crippen LogP contribution in [-0.2, 0) is 6.42 Å². The minimum absolute atomic E-state index is 0.449. The lowest BCUT2D eigenvalue weighted by molar-refractivity contribution is -0.0140. The van der Waals surface area contributed by atoms with Gasteiger partial charge in [-0.1, -0.05) is 13.8 Å². The van der Waals surface area contributed by atoms with Crippen LogP contribution < -0.4 is 0 Å². The summed E-state index contributed by atoms with van der Waals surface area (Å²) in [6.07, 6.45) is 5.12. The predicted molar refractivity (Wildman–Crippen MR) is 77.5 cm³/mol. The highest BCUT2D eigenvalue weighted by atomic mass is 79.9. The molecule has 1 aliphatic rings. The van der Waals surface area contributed by atoms with Crippen LogP contribution in [0.3, 0.4) is 0 Å². The molecule has 0 spiro atoms. The van der Waals surface area contributed by atoms with Crippen molar-refractivity contribution in [1.29, 1.82) is 0 Å². The van der Waals surface area contributed by atoms with E-state index >= 15 is 0 Å². The van der Waals surface area contributed by atoms with Crippen molar-refractivity contribution in [3.63, 3.8) is 0 Å². The second kappa shape index (κ2) is 5.41. The second-order valence-corrected chi connectivity index (χ2v) is 7.63. The number of hydrogen-bond acceptors (Lipinski definition) is 2. The van der Waals surface area contributed by atoms with Crippen LogP contribution in [0, 0.1) is 11.8 Å². The highest BCUT2D eigenvalue weighted by Crippen LogP contribution is 2.38. The molecule has 1 fully saturated rings. The van der Waals surface area contributed by atoms with Crippen molar-refractivity contribution in [3.8, 4) is 0 Å². The summed E-state index contributed by atoms with van der Waals surface area (Å²) in [5.41, 5.74) is -0.449. The third-order valence-corrected chi connectivity index (χ3v) is 5.73. The molecule has 0 aromatic carbocycles. The summed E-state index contributed by atoms with van der Waals surface area (Å²) in [6, 6.07) is 2.14. The summed E-state index contributed by atoms with van der Waals surface area (Å²) >= 11 is 5.21. The van der Waals surface area contributed by atoms with Gasteiger partial charge in [0.05, 0.1) is 5.60 Å². The summed E-state index contributed by atoms with van der Waals surface area (Å²) in [6.45, 7) is 4.59. The first-order valence-electron chi connectivity index (χ1n) is 6.44. The van der Waals surface area contributed by atoms with Crippen molar-refractivity contribution in [2.75, 3.05) is 0 Å². The molecule has 1 aromatic rings. The van der Waals surface area contributed by atoms with Crippen LogP contribution in [0.4, 0.5) is 0 Å². The fourth-order valence-electron chi connectivity index (χ4n) is 2.79. The van der Waals surface area contributed by atoms with Crippen molar-refractivity contribution >= 4 is 27.3 Å². The summed E-state index contributed by atoms with van der Waals surface area (Å²) in [4.78, 5) is 1.29. The number of aliphatic hydroxyl groups is 1. The van der Waals surface area contributed by atoms with Gasteiger partial charge in [0.15, 0.2) is 0 Å². The van der Waals surface area contributed by atoms with E-state index < -0.39 is 5.60 Å². The molecule has 3 heteroatoms. The topological polar surface area (TPSA) is 20.2 Å². The molecule has 1 aliphatic carbocycles. The molecule has 0 amide bonds. The van der Waals surface area contributed by atoms with E-state index in [4.69, 9.17) is 0 Å². The Morgan fingerprint density at radius 1 is 1.47 bits per heavy atom. The van der Waals surface area contributed by atoms with E-state index in [0.717, 1.165) is 35.6 Å². The molecule has 1 N–H and O–H groups in total. The molecular weight excluding hydrogens is 296 g/mol. The highest BCUT2D eigenvalue weighted by Gasteiger charge is 2.34. The van der Waals surface area contributed by atoms with E-state index in [2.05, 4.69) is 41.2 Å². The standard InChI is InChI=1S/C14H21BrOS/c1-10(2)11-3-5-14(16,6-4-11)8-13-7-12(15)9-17-13/h7,9-11,16H,3-6,8H2,1-2H3. The lowest BCUT2D eigenvalue weighted by Gasteiger charge is -2.37. The van der Waals surface area contributed by atoms with Crippen LogP contribution in [-0.4, -0.2) is 10.7 Å². The Morgan fingerprint density at radius 2 is 2.12 bits per heavy atom. The molecule has 96 valence electrons.